The van der Waals surface area contributed by atoms with Crippen LogP contribution in [0.5, 0.6) is 0 Å². The molecule has 8 atom stereocenters. The van der Waals surface area contributed by atoms with Crippen LogP contribution < -0.4 is 0 Å². The SMILES string of the molecule is C=C1C[C@@H](CCC)OC(=O)[C@@H](C)CCCC[C@@H]2O[C@@H](C[C@H](O[Si](CC)(CC)CC)[C@@H](O)[C@H](C)C1)C[C@@H]2C. The highest BCUT2D eigenvalue weighted by atomic mass is 28.4. The summed E-state index contributed by atoms with van der Waals surface area (Å²) in [5, 5.41) is 11.7. The molecule has 0 aromatic heterocycles. The zero-order chi connectivity index (χ0) is 27.6. The van der Waals surface area contributed by atoms with Gasteiger partial charge in [-0.15, -0.1) is 0 Å². The average Bonchev–Trinajstić information content (AvgIpc) is 3.21. The smallest absolute Gasteiger partial charge is 0.308 e. The molecule has 0 aliphatic carbocycles. The molecule has 0 amide bonds. The third-order valence-electron chi connectivity index (χ3n) is 9.23. The van der Waals surface area contributed by atoms with Crippen LogP contribution in [0.1, 0.15) is 113 Å². The Morgan fingerprint density at radius 2 is 1.62 bits per heavy atom. The fraction of sp³-hybridized carbons (Fsp3) is 0.903. The Bertz CT molecular complexity index is 685. The average molecular weight is 539 g/mol. The molecule has 2 rings (SSSR count). The van der Waals surface area contributed by atoms with Crippen molar-refractivity contribution in [3.8, 4) is 0 Å². The predicted molar refractivity (Wildman–Crippen MR) is 155 cm³/mol. The van der Waals surface area contributed by atoms with Gasteiger partial charge in [-0.05, 0) is 62.1 Å². The molecule has 2 aliphatic rings. The summed E-state index contributed by atoms with van der Waals surface area (Å²) in [5.74, 6) is 0.351. The van der Waals surface area contributed by atoms with E-state index in [9.17, 15) is 9.90 Å². The van der Waals surface area contributed by atoms with Crippen LogP contribution in [0.25, 0.3) is 0 Å². The molecule has 2 aliphatic heterocycles. The van der Waals surface area contributed by atoms with Crippen molar-refractivity contribution in [3.63, 3.8) is 0 Å². The summed E-state index contributed by atoms with van der Waals surface area (Å²) < 4.78 is 19.5. The maximum Gasteiger partial charge on any atom is 0.308 e. The van der Waals surface area contributed by atoms with Crippen LogP contribution in [0.3, 0.4) is 0 Å². The van der Waals surface area contributed by atoms with Gasteiger partial charge in [-0.2, -0.15) is 0 Å². The van der Waals surface area contributed by atoms with Gasteiger partial charge in [0.05, 0.1) is 30.3 Å². The van der Waals surface area contributed by atoms with Crippen LogP contribution in [0, 0.1) is 17.8 Å². The summed E-state index contributed by atoms with van der Waals surface area (Å²) in [6, 6.07) is 3.20. The summed E-state index contributed by atoms with van der Waals surface area (Å²) in [7, 11) is -1.91. The first kappa shape index (κ1) is 32.5. The lowest BCUT2D eigenvalue weighted by molar-refractivity contribution is -0.154. The largest absolute Gasteiger partial charge is 0.462 e. The number of aliphatic hydroxyl groups excluding tert-OH is 1. The van der Waals surface area contributed by atoms with Crippen LogP contribution >= 0.6 is 0 Å². The molecule has 0 saturated carbocycles. The number of rotatable bonds is 7. The molecule has 5 nitrogen and oxygen atoms in total. The Kier molecular flexibility index (Phi) is 13.9. The summed E-state index contributed by atoms with van der Waals surface area (Å²) in [6.45, 7) is 19.6. The lowest BCUT2D eigenvalue weighted by atomic mass is 9.88. The Morgan fingerprint density at radius 3 is 2.24 bits per heavy atom. The van der Waals surface area contributed by atoms with E-state index in [1.165, 1.54) is 0 Å². The van der Waals surface area contributed by atoms with Crippen LogP contribution in [-0.4, -0.2) is 49.9 Å². The highest BCUT2D eigenvalue weighted by Gasteiger charge is 2.40. The Balaban J connectivity index is 2.27. The zero-order valence-corrected chi connectivity index (χ0v) is 26.1. The predicted octanol–water partition coefficient (Wildman–Crippen LogP) is 7.82. The topological polar surface area (TPSA) is 65.0 Å². The minimum absolute atomic E-state index is 0.0141. The van der Waals surface area contributed by atoms with E-state index in [0.29, 0.717) is 18.8 Å². The maximum absolute atomic E-state index is 12.8. The molecule has 2 saturated heterocycles. The Labute approximate surface area is 229 Å². The van der Waals surface area contributed by atoms with E-state index >= 15 is 0 Å². The van der Waals surface area contributed by atoms with Gasteiger partial charge in [0.25, 0.3) is 0 Å². The second-order valence-electron chi connectivity index (χ2n) is 12.3. The first-order valence-electron chi connectivity index (χ1n) is 15.5. The van der Waals surface area contributed by atoms with Crippen molar-refractivity contribution in [2.45, 2.75) is 161 Å². The van der Waals surface area contributed by atoms with Gasteiger partial charge in [-0.3, -0.25) is 4.79 Å². The highest BCUT2D eigenvalue weighted by molar-refractivity contribution is 6.73. The van der Waals surface area contributed by atoms with E-state index in [1.807, 2.05) is 6.92 Å². The number of cyclic esters (lactones) is 1. The quantitative estimate of drug-likeness (QED) is 0.203. The summed E-state index contributed by atoms with van der Waals surface area (Å²) >= 11 is 0. The second-order valence-corrected chi connectivity index (χ2v) is 17.0. The van der Waals surface area contributed by atoms with Crippen LogP contribution in [-0.2, 0) is 18.7 Å². The number of esters is 1. The van der Waals surface area contributed by atoms with Crippen LogP contribution in [0.4, 0.5) is 0 Å². The molecule has 0 spiro atoms. The van der Waals surface area contributed by atoms with Gasteiger partial charge in [0.1, 0.15) is 6.10 Å². The fourth-order valence-corrected chi connectivity index (χ4v) is 9.29. The Morgan fingerprint density at radius 1 is 0.973 bits per heavy atom. The third kappa shape index (κ3) is 9.77. The van der Waals surface area contributed by atoms with E-state index in [1.54, 1.807) is 0 Å². The number of aliphatic hydroxyl groups is 1. The van der Waals surface area contributed by atoms with Gasteiger partial charge in [0.15, 0.2) is 8.32 Å². The Hall–Kier alpha value is -0.693. The van der Waals surface area contributed by atoms with E-state index in [-0.39, 0.29) is 42.2 Å². The minimum atomic E-state index is -1.91. The van der Waals surface area contributed by atoms with E-state index < -0.39 is 14.4 Å². The molecular formula is C31H58O5Si. The van der Waals surface area contributed by atoms with Crippen molar-refractivity contribution in [1.82, 2.24) is 0 Å². The van der Waals surface area contributed by atoms with Gasteiger partial charge in [0.2, 0.25) is 0 Å². The lowest BCUT2D eigenvalue weighted by Gasteiger charge is -2.38. The van der Waals surface area contributed by atoms with Gasteiger partial charge >= 0.3 is 5.97 Å². The molecule has 1 N–H and O–H groups in total. The number of fused-ring (bicyclic) bond motifs is 2. The molecular weight excluding hydrogens is 480 g/mol. The molecule has 2 heterocycles. The van der Waals surface area contributed by atoms with Crippen LogP contribution in [0.15, 0.2) is 12.2 Å². The standard InChI is InChI=1S/C31H58O5Si/c1-9-15-26-19-22(5)18-25(8)30(32)29(36-37(10-2,11-3)12-4)21-27-20-24(7)28(34-27)17-14-13-16-23(6)31(33)35-26/h23-30,32H,5,9-21H2,1-4,6-8H3/t23-,24-,25+,26+,27+,28-,29-,30-/m0/s1. The third-order valence-corrected chi connectivity index (χ3v) is 13.9. The minimum Gasteiger partial charge on any atom is -0.462 e. The summed E-state index contributed by atoms with van der Waals surface area (Å²) in [4.78, 5) is 12.8. The van der Waals surface area contributed by atoms with Crippen molar-refractivity contribution in [3.05, 3.63) is 12.2 Å². The first-order valence-corrected chi connectivity index (χ1v) is 18.0. The van der Waals surface area contributed by atoms with Crippen molar-refractivity contribution in [1.29, 1.82) is 0 Å². The molecule has 0 aromatic carbocycles. The molecule has 0 unspecified atom stereocenters. The molecule has 6 heteroatoms. The monoisotopic (exact) mass is 538 g/mol. The van der Waals surface area contributed by atoms with Crippen molar-refractivity contribution in [2.75, 3.05) is 0 Å². The first-order chi connectivity index (χ1) is 17.6. The number of carbonyl (C=O) groups is 1. The molecule has 216 valence electrons. The highest BCUT2D eigenvalue weighted by Crippen LogP contribution is 2.36. The van der Waals surface area contributed by atoms with Gasteiger partial charge in [0, 0.05) is 12.8 Å². The van der Waals surface area contributed by atoms with Gasteiger partial charge in [-0.1, -0.05) is 79.9 Å². The maximum atomic E-state index is 12.8. The summed E-state index contributed by atoms with van der Waals surface area (Å²) in [6.07, 6.45) is 8.40. The normalized spacial score (nSPS) is 35.6. The number of hydrogen-bond acceptors (Lipinski definition) is 5. The van der Waals surface area contributed by atoms with Crippen molar-refractivity contribution < 1.29 is 23.8 Å². The zero-order valence-electron chi connectivity index (χ0n) is 25.1. The molecule has 0 aromatic rings. The number of hydrogen-bond donors (Lipinski definition) is 1. The lowest BCUT2D eigenvalue weighted by Crippen LogP contribution is -2.47. The van der Waals surface area contributed by atoms with Crippen molar-refractivity contribution >= 4 is 14.3 Å². The molecule has 2 fully saturated rings. The van der Waals surface area contributed by atoms with E-state index in [2.05, 4.69) is 48.1 Å². The fourth-order valence-electron chi connectivity index (χ4n) is 6.41. The van der Waals surface area contributed by atoms with E-state index in [4.69, 9.17) is 13.9 Å². The second kappa shape index (κ2) is 15.8. The number of carbonyl (C=O) groups excluding carboxylic acids is 1. The van der Waals surface area contributed by atoms with Gasteiger partial charge in [-0.25, -0.2) is 0 Å². The molecule has 0 radical (unpaired) electrons. The van der Waals surface area contributed by atoms with Crippen molar-refractivity contribution in [2.24, 2.45) is 17.8 Å². The molecule has 2 bridgehead atoms. The number of ether oxygens (including phenoxy) is 2. The molecule has 37 heavy (non-hydrogen) atoms. The van der Waals surface area contributed by atoms with Crippen LogP contribution in [0.2, 0.25) is 18.1 Å². The summed E-state index contributed by atoms with van der Waals surface area (Å²) in [5.41, 5.74) is 1.04. The van der Waals surface area contributed by atoms with E-state index in [0.717, 1.165) is 75.1 Å². The van der Waals surface area contributed by atoms with Gasteiger partial charge < -0.3 is 19.0 Å².